The van der Waals surface area contributed by atoms with E-state index in [1.54, 1.807) is 29.0 Å². The van der Waals surface area contributed by atoms with Crippen molar-refractivity contribution in [1.82, 2.24) is 5.32 Å². The molecule has 4 aromatic rings. The highest BCUT2D eigenvalue weighted by Gasteiger charge is 2.42. The molecule has 4 amide bonds. The number of ether oxygens (including phenoxy) is 3. The summed E-state index contributed by atoms with van der Waals surface area (Å²) in [6, 6.07) is 22.6. The van der Waals surface area contributed by atoms with Crippen molar-refractivity contribution in [3.8, 4) is 17.2 Å². The van der Waals surface area contributed by atoms with Gasteiger partial charge in [-0.2, -0.15) is 0 Å². The zero-order chi connectivity index (χ0) is 38.9. The monoisotopic (exact) mass is 755 g/mol. The number of nitrogens with one attached hydrogen (secondary N) is 1. The van der Waals surface area contributed by atoms with Crippen LogP contribution in [0.25, 0.3) is 0 Å². The number of para-hydroxylation sites is 2. The van der Waals surface area contributed by atoms with Crippen LogP contribution in [-0.2, 0) is 22.4 Å². The highest BCUT2D eigenvalue weighted by Crippen LogP contribution is 2.43. The van der Waals surface area contributed by atoms with Crippen molar-refractivity contribution in [2.45, 2.75) is 64.0 Å². The average Bonchev–Trinajstić information content (AvgIpc) is 3.71. The van der Waals surface area contributed by atoms with E-state index in [1.165, 1.54) is 7.11 Å². The van der Waals surface area contributed by atoms with Gasteiger partial charge in [0.25, 0.3) is 11.8 Å². The van der Waals surface area contributed by atoms with Gasteiger partial charge < -0.3 is 29.3 Å². The fourth-order valence-corrected chi connectivity index (χ4v) is 8.20. The third-order valence-electron chi connectivity index (χ3n) is 11.1. The van der Waals surface area contributed by atoms with E-state index in [0.29, 0.717) is 59.4 Å². The number of aryl methyl sites for hydroxylation is 1. The van der Waals surface area contributed by atoms with Gasteiger partial charge >= 0.3 is 0 Å². The normalized spacial score (nSPS) is 17.5. The molecule has 12 heteroatoms. The number of rotatable bonds is 12. The first-order chi connectivity index (χ1) is 27.2. The summed E-state index contributed by atoms with van der Waals surface area (Å²) in [5.74, 6) is 0.798. The Hall–Kier alpha value is -6.17. The van der Waals surface area contributed by atoms with E-state index >= 15 is 0 Å². The highest BCUT2D eigenvalue weighted by atomic mass is 16.5. The van der Waals surface area contributed by atoms with Crippen LogP contribution in [0.3, 0.4) is 0 Å². The van der Waals surface area contributed by atoms with Gasteiger partial charge in [0, 0.05) is 62.6 Å². The molecule has 288 valence electrons. The van der Waals surface area contributed by atoms with Crippen molar-refractivity contribution in [1.29, 1.82) is 0 Å². The molecule has 0 unspecified atom stereocenters. The van der Waals surface area contributed by atoms with Crippen LogP contribution >= 0.6 is 0 Å². The maximum absolute atomic E-state index is 14.2. The standard InChI is InChI=1S/C44H45N5O7/c1-27-19-32-34(46-25-30-20-28-11-5-7-13-35(28)48(30)43(32)52)23-38(27)55-17-9-4-10-18-56-40-24-37-33(22-39(40)54-3)44(53)49-31(21-29-12-6-8-14-36(29)49)26-47(37)42(51)16-15-41(50)45-2/h5-8,11-14,19,22-25,30-31H,4,9-10,15-18,20-21,26H2,1-3H3,(H,45,50)/t30-,31-/m0/s1. The number of carbonyl (C=O) groups is 4. The Bertz CT molecular complexity index is 2250. The summed E-state index contributed by atoms with van der Waals surface area (Å²) in [6.07, 6.45) is 5.60. The first-order valence-electron chi connectivity index (χ1n) is 19.3. The molecule has 0 aromatic heterocycles. The molecule has 8 rings (SSSR count). The van der Waals surface area contributed by atoms with Crippen molar-refractivity contribution in [2.24, 2.45) is 4.99 Å². The summed E-state index contributed by atoms with van der Waals surface area (Å²) in [7, 11) is 3.07. The molecule has 0 spiro atoms. The first kappa shape index (κ1) is 36.8. The van der Waals surface area contributed by atoms with Crippen LogP contribution in [0, 0.1) is 6.92 Å². The molecule has 12 nitrogen and oxygen atoms in total. The van der Waals surface area contributed by atoms with Crippen molar-refractivity contribution >= 4 is 52.6 Å². The van der Waals surface area contributed by atoms with Crippen LogP contribution in [0.4, 0.5) is 22.7 Å². The van der Waals surface area contributed by atoms with Crippen LogP contribution in [-0.4, -0.2) is 75.8 Å². The maximum Gasteiger partial charge on any atom is 0.261 e. The minimum atomic E-state index is -0.255. The number of anilines is 3. The van der Waals surface area contributed by atoms with Gasteiger partial charge in [-0.1, -0.05) is 36.4 Å². The van der Waals surface area contributed by atoms with Crippen LogP contribution in [0.5, 0.6) is 17.2 Å². The summed E-state index contributed by atoms with van der Waals surface area (Å²) >= 11 is 0. The predicted octanol–water partition coefficient (Wildman–Crippen LogP) is 6.36. The number of benzene rings is 4. The van der Waals surface area contributed by atoms with Gasteiger partial charge in [0.1, 0.15) is 5.75 Å². The van der Waals surface area contributed by atoms with Crippen LogP contribution in [0.2, 0.25) is 0 Å². The number of carbonyl (C=O) groups excluding carboxylic acids is 4. The van der Waals surface area contributed by atoms with Crippen LogP contribution < -0.4 is 34.2 Å². The van der Waals surface area contributed by atoms with Crippen LogP contribution in [0.1, 0.15) is 69.5 Å². The fourth-order valence-electron chi connectivity index (χ4n) is 8.20. The number of unbranched alkanes of at least 4 members (excludes halogenated alkanes) is 2. The number of hydrogen-bond acceptors (Lipinski definition) is 8. The zero-order valence-electron chi connectivity index (χ0n) is 31.9. The fraction of sp³-hybridized carbons (Fsp3) is 0.341. The van der Waals surface area contributed by atoms with E-state index in [2.05, 4.69) is 11.4 Å². The molecule has 56 heavy (non-hydrogen) atoms. The molecule has 0 aliphatic carbocycles. The van der Waals surface area contributed by atoms with Gasteiger partial charge in [0.2, 0.25) is 11.8 Å². The zero-order valence-corrected chi connectivity index (χ0v) is 31.9. The van der Waals surface area contributed by atoms with Crippen LogP contribution in [0.15, 0.2) is 77.8 Å². The van der Waals surface area contributed by atoms with Crippen molar-refractivity contribution in [3.63, 3.8) is 0 Å². The molecule has 0 saturated heterocycles. The summed E-state index contributed by atoms with van der Waals surface area (Å²) in [4.78, 5) is 63.7. The molecule has 4 heterocycles. The van der Waals surface area contributed by atoms with Gasteiger partial charge in [0.15, 0.2) is 11.5 Å². The number of nitrogens with zero attached hydrogens (tertiary/aromatic N) is 4. The quantitative estimate of drug-likeness (QED) is 0.167. The Morgan fingerprint density at radius 3 is 2.18 bits per heavy atom. The molecule has 4 aliphatic heterocycles. The Morgan fingerprint density at radius 2 is 1.45 bits per heavy atom. The molecule has 4 aliphatic rings. The first-order valence-corrected chi connectivity index (χ1v) is 19.3. The van der Waals surface area contributed by atoms with E-state index in [0.717, 1.165) is 53.7 Å². The lowest BCUT2D eigenvalue weighted by Crippen LogP contribution is -2.44. The lowest BCUT2D eigenvalue weighted by molar-refractivity contribution is -0.124. The van der Waals surface area contributed by atoms with Gasteiger partial charge in [-0.05, 0) is 73.6 Å². The minimum Gasteiger partial charge on any atom is -0.493 e. The summed E-state index contributed by atoms with van der Waals surface area (Å²) in [5, 5.41) is 2.58. The smallest absolute Gasteiger partial charge is 0.261 e. The summed E-state index contributed by atoms with van der Waals surface area (Å²) < 4.78 is 18.1. The third-order valence-corrected chi connectivity index (χ3v) is 11.1. The Balaban J connectivity index is 0.911. The van der Waals surface area contributed by atoms with Gasteiger partial charge in [-0.15, -0.1) is 0 Å². The number of fused-ring (bicyclic) bond motifs is 8. The van der Waals surface area contributed by atoms with Crippen molar-refractivity contribution in [3.05, 3.63) is 101 Å². The second kappa shape index (κ2) is 15.5. The van der Waals surface area contributed by atoms with Gasteiger partial charge in [0.05, 0.1) is 54.9 Å². The van der Waals surface area contributed by atoms with E-state index in [4.69, 9.17) is 19.2 Å². The number of hydrogen-bond donors (Lipinski definition) is 1. The molecule has 0 radical (unpaired) electrons. The molecule has 4 aromatic carbocycles. The molecule has 0 fully saturated rings. The average molecular weight is 756 g/mol. The number of methoxy groups -OCH3 is 1. The minimum absolute atomic E-state index is 0.00166. The summed E-state index contributed by atoms with van der Waals surface area (Å²) in [5.41, 5.74) is 6.83. The highest BCUT2D eigenvalue weighted by molar-refractivity contribution is 6.16. The number of aliphatic imine (C=N–C) groups is 1. The van der Waals surface area contributed by atoms with Crippen molar-refractivity contribution < 1.29 is 33.4 Å². The Kier molecular flexibility index (Phi) is 10.2. The predicted molar refractivity (Wildman–Crippen MR) is 214 cm³/mol. The van der Waals surface area contributed by atoms with E-state index in [-0.39, 0.29) is 55.1 Å². The lowest BCUT2D eigenvalue weighted by Gasteiger charge is -2.27. The Labute approximate surface area is 326 Å². The largest absolute Gasteiger partial charge is 0.493 e. The third kappa shape index (κ3) is 6.84. The Morgan fingerprint density at radius 1 is 0.768 bits per heavy atom. The maximum atomic E-state index is 14.2. The lowest BCUT2D eigenvalue weighted by atomic mass is 10.1. The molecule has 1 N–H and O–H groups in total. The van der Waals surface area contributed by atoms with Crippen molar-refractivity contribution in [2.75, 3.05) is 48.6 Å². The molecular weight excluding hydrogens is 711 g/mol. The van der Waals surface area contributed by atoms with E-state index < -0.39 is 0 Å². The van der Waals surface area contributed by atoms with Gasteiger partial charge in [-0.3, -0.25) is 29.1 Å². The van der Waals surface area contributed by atoms with Gasteiger partial charge in [-0.25, -0.2) is 0 Å². The molecular formula is C44H45N5O7. The van der Waals surface area contributed by atoms with E-state index in [9.17, 15) is 19.2 Å². The second-order valence-corrected chi connectivity index (χ2v) is 14.6. The molecule has 0 bridgehead atoms. The topological polar surface area (TPSA) is 130 Å². The number of amides is 4. The summed E-state index contributed by atoms with van der Waals surface area (Å²) in [6.45, 7) is 3.09. The SMILES string of the molecule is CNC(=O)CCC(=O)N1C[C@@H]2Cc3ccccc3N2C(=O)c2cc(OC)c(OCCCCCOc3cc4c(cc3C)C(=O)N3c5ccccc5C[C@H]3C=N4)cc21. The second-order valence-electron chi connectivity index (χ2n) is 14.6. The van der Waals surface area contributed by atoms with E-state index in [1.807, 2.05) is 72.6 Å². The molecule has 0 saturated carbocycles. The molecule has 2 atom stereocenters.